The van der Waals surface area contributed by atoms with Gasteiger partial charge in [0.05, 0.1) is 28.3 Å². The third-order valence-electron chi connectivity index (χ3n) is 8.04. The lowest BCUT2D eigenvalue weighted by Gasteiger charge is -2.45. The number of alkyl halides is 1. The average molecular weight is 505 g/mol. The van der Waals surface area contributed by atoms with Gasteiger partial charge in [-0.05, 0) is 60.2 Å². The van der Waals surface area contributed by atoms with Gasteiger partial charge in [0.1, 0.15) is 24.8 Å². The second kappa shape index (κ2) is 9.10. The van der Waals surface area contributed by atoms with Crippen LogP contribution < -0.4 is 0 Å². The Kier molecular flexibility index (Phi) is 5.72. The molecule has 0 saturated carbocycles. The number of rotatable bonds is 4. The van der Waals surface area contributed by atoms with Crippen LogP contribution in [0.5, 0.6) is 0 Å². The van der Waals surface area contributed by atoms with Gasteiger partial charge in [-0.25, -0.2) is 19.0 Å². The van der Waals surface area contributed by atoms with E-state index in [9.17, 15) is 14.4 Å². The Hall–Kier alpha value is -4.51. The summed E-state index contributed by atoms with van der Waals surface area (Å²) in [7, 11) is 0. The van der Waals surface area contributed by atoms with E-state index in [1.165, 1.54) is 6.33 Å². The number of carbonyl (C=O) groups excluding carboxylic acids is 1. The summed E-state index contributed by atoms with van der Waals surface area (Å²) in [5.41, 5.74) is 6.27. The van der Waals surface area contributed by atoms with Gasteiger partial charge in [-0.2, -0.15) is 10.4 Å². The molecule has 0 fully saturated rings. The van der Waals surface area contributed by atoms with E-state index in [1.807, 2.05) is 54.1 Å². The Morgan fingerprint density at radius 3 is 2.66 bits per heavy atom. The second-order valence-electron chi connectivity index (χ2n) is 10.1. The molecule has 3 aromatic heterocycles. The van der Waals surface area contributed by atoms with Gasteiger partial charge in [-0.1, -0.05) is 32.1 Å². The summed E-state index contributed by atoms with van der Waals surface area (Å²) in [6, 6.07) is 15.5. The van der Waals surface area contributed by atoms with Crippen molar-refractivity contribution >= 4 is 5.78 Å². The van der Waals surface area contributed by atoms with Gasteiger partial charge < -0.3 is 0 Å². The number of aromatic nitrogens is 5. The molecular weight excluding hydrogens is 479 g/mol. The van der Waals surface area contributed by atoms with E-state index < -0.39 is 12.1 Å². The first-order valence-electron chi connectivity index (χ1n) is 12.6. The molecule has 8 heteroatoms. The average Bonchev–Trinajstić information content (AvgIpc) is 3.37. The molecule has 0 amide bonds. The van der Waals surface area contributed by atoms with Gasteiger partial charge in [-0.15, -0.1) is 0 Å². The number of nitrogens with zero attached hydrogens (tertiary/aromatic N) is 6. The number of hydrogen-bond donors (Lipinski definition) is 0. The zero-order valence-electron chi connectivity index (χ0n) is 21.1. The highest BCUT2D eigenvalue weighted by Crippen LogP contribution is 2.52. The number of pyridine rings is 1. The van der Waals surface area contributed by atoms with E-state index in [0.717, 1.165) is 52.3 Å². The zero-order valence-corrected chi connectivity index (χ0v) is 21.1. The summed E-state index contributed by atoms with van der Waals surface area (Å²) in [6.45, 7) is 3.43. The van der Waals surface area contributed by atoms with Crippen LogP contribution in [0.2, 0.25) is 0 Å². The van der Waals surface area contributed by atoms with Crippen molar-refractivity contribution in [1.29, 1.82) is 5.26 Å². The standard InChI is InChI=1S/C30H25FN6O/c1-18-25-8-7-24-27(26-10-11-33-17-35-26)36-37(29(24)30(25,2)14-21(16-32)28(18)38)23-5-3-19(4-6-23)20-9-12-34-22(13-20)15-31/h3-6,9-14,17-18,25H,7-8,15H2,1-2H3/t18-,25-,30-/m1/s1. The number of fused-ring (bicyclic) bond motifs is 3. The van der Waals surface area contributed by atoms with Crippen LogP contribution in [0.15, 0.2) is 72.8 Å². The number of Topliss-reactive ketones (excluding diaryl/α,β-unsaturated/α-hetero) is 1. The Morgan fingerprint density at radius 2 is 1.95 bits per heavy atom. The van der Waals surface area contributed by atoms with Crippen LogP contribution in [0.3, 0.4) is 0 Å². The van der Waals surface area contributed by atoms with E-state index in [1.54, 1.807) is 18.5 Å². The molecule has 4 aromatic rings. The van der Waals surface area contributed by atoms with Crippen LogP contribution in [-0.4, -0.2) is 30.5 Å². The zero-order chi connectivity index (χ0) is 26.4. The molecule has 0 spiro atoms. The quantitative estimate of drug-likeness (QED) is 0.372. The molecular formula is C30H25FN6O. The number of halogens is 1. The van der Waals surface area contributed by atoms with Crippen LogP contribution in [0.1, 0.15) is 37.2 Å². The van der Waals surface area contributed by atoms with E-state index in [-0.39, 0.29) is 23.2 Å². The second-order valence-corrected chi connectivity index (χ2v) is 10.1. The summed E-state index contributed by atoms with van der Waals surface area (Å²) in [5.74, 6) is -0.309. The number of carbonyl (C=O) groups is 1. The molecule has 3 atom stereocenters. The molecule has 7 nitrogen and oxygen atoms in total. The molecule has 1 aromatic carbocycles. The van der Waals surface area contributed by atoms with Crippen molar-refractivity contribution in [3.8, 4) is 34.3 Å². The van der Waals surface area contributed by atoms with Crippen molar-refractivity contribution in [1.82, 2.24) is 24.7 Å². The van der Waals surface area contributed by atoms with E-state index in [0.29, 0.717) is 5.69 Å². The van der Waals surface area contributed by atoms with Crippen molar-refractivity contribution in [2.75, 3.05) is 0 Å². The molecule has 0 saturated heterocycles. The fourth-order valence-corrected chi connectivity index (χ4v) is 6.20. The fraction of sp³-hybridized carbons (Fsp3) is 0.267. The normalized spacial score (nSPS) is 22.3. The minimum Gasteiger partial charge on any atom is -0.293 e. The van der Waals surface area contributed by atoms with E-state index in [2.05, 4.69) is 27.9 Å². The van der Waals surface area contributed by atoms with Crippen LogP contribution in [-0.2, 0) is 23.3 Å². The van der Waals surface area contributed by atoms with Crippen molar-refractivity contribution < 1.29 is 9.18 Å². The molecule has 0 N–H and O–H groups in total. The van der Waals surface area contributed by atoms with Gasteiger partial charge in [0.15, 0.2) is 5.78 Å². The third kappa shape index (κ3) is 3.66. The SMILES string of the molecule is C[C@H]1C(=O)C(C#N)=C[C@@]2(C)c3c(c(-c4ccncn4)nn3-c3ccc(-c4ccnc(CF)c4)cc3)CC[C@H]12. The first-order valence-corrected chi connectivity index (χ1v) is 12.6. The maximum absolute atomic E-state index is 13.2. The summed E-state index contributed by atoms with van der Waals surface area (Å²) in [5, 5.41) is 14.8. The van der Waals surface area contributed by atoms with Crippen molar-refractivity contribution in [3.63, 3.8) is 0 Å². The molecule has 188 valence electrons. The van der Waals surface area contributed by atoms with Gasteiger partial charge in [-0.3, -0.25) is 9.78 Å². The minimum atomic E-state index is -0.615. The fourth-order valence-electron chi connectivity index (χ4n) is 6.20. The lowest BCUT2D eigenvalue weighted by Crippen LogP contribution is -2.46. The van der Waals surface area contributed by atoms with E-state index >= 15 is 0 Å². The number of ketones is 1. The smallest absolute Gasteiger partial charge is 0.176 e. The summed E-state index contributed by atoms with van der Waals surface area (Å²) in [6.07, 6.45) is 8.24. The Balaban J connectivity index is 1.54. The highest BCUT2D eigenvalue weighted by atomic mass is 19.1. The Morgan fingerprint density at radius 1 is 1.13 bits per heavy atom. The summed E-state index contributed by atoms with van der Waals surface area (Å²) >= 11 is 0. The maximum atomic E-state index is 13.2. The number of benzene rings is 1. The van der Waals surface area contributed by atoms with Gasteiger partial charge in [0.2, 0.25) is 0 Å². The first-order chi connectivity index (χ1) is 18.4. The topological polar surface area (TPSA) is 97.4 Å². The number of nitriles is 1. The Bertz CT molecular complexity index is 1620. The van der Waals surface area contributed by atoms with E-state index in [4.69, 9.17) is 5.10 Å². The molecule has 2 aliphatic rings. The molecule has 0 aliphatic heterocycles. The van der Waals surface area contributed by atoms with Crippen LogP contribution >= 0.6 is 0 Å². The van der Waals surface area contributed by atoms with Crippen LogP contribution in [0, 0.1) is 23.2 Å². The predicted octanol–water partition coefficient (Wildman–Crippen LogP) is 5.35. The summed E-state index contributed by atoms with van der Waals surface area (Å²) in [4.78, 5) is 25.5. The highest BCUT2D eigenvalue weighted by Gasteiger charge is 2.50. The van der Waals surface area contributed by atoms with Crippen LogP contribution in [0.4, 0.5) is 4.39 Å². The lowest BCUT2D eigenvalue weighted by molar-refractivity contribution is -0.121. The molecule has 38 heavy (non-hydrogen) atoms. The monoisotopic (exact) mass is 504 g/mol. The minimum absolute atomic E-state index is 0.0449. The van der Waals surface area contributed by atoms with Crippen molar-refractivity contribution in [2.45, 2.75) is 38.8 Å². The van der Waals surface area contributed by atoms with Crippen LogP contribution in [0.25, 0.3) is 28.2 Å². The predicted molar refractivity (Wildman–Crippen MR) is 140 cm³/mol. The lowest BCUT2D eigenvalue weighted by atomic mass is 9.58. The molecule has 6 rings (SSSR count). The molecule has 0 unspecified atom stereocenters. The van der Waals surface area contributed by atoms with Crippen molar-refractivity contribution in [2.24, 2.45) is 11.8 Å². The van der Waals surface area contributed by atoms with Gasteiger partial charge in [0, 0.05) is 29.3 Å². The van der Waals surface area contributed by atoms with Crippen molar-refractivity contribution in [3.05, 3.63) is 89.8 Å². The molecule has 0 bridgehead atoms. The van der Waals surface area contributed by atoms with Gasteiger partial charge in [0.25, 0.3) is 0 Å². The largest absolute Gasteiger partial charge is 0.293 e. The molecule has 2 aliphatic carbocycles. The maximum Gasteiger partial charge on any atom is 0.176 e. The highest BCUT2D eigenvalue weighted by molar-refractivity contribution is 6.02. The number of hydrogen-bond acceptors (Lipinski definition) is 6. The van der Waals surface area contributed by atoms with Gasteiger partial charge >= 0.3 is 0 Å². The Labute approximate surface area is 219 Å². The molecule has 0 radical (unpaired) electrons. The molecule has 3 heterocycles. The third-order valence-corrected chi connectivity index (χ3v) is 8.04. The number of allylic oxidation sites excluding steroid dienone is 2. The summed E-state index contributed by atoms with van der Waals surface area (Å²) < 4.78 is 15.1. The first kappa shape index (κ1) is 23.9.